The van der Waals surface area contributed by atoms with Gasteiger partial charge in [-0.2, -0.15) is 4.68 Å². The van der Waals surface area contributed by atoms with Crippen molar-refractivity contribution in [2.75, 3.05) is 7.11 Å². The molecule has 0 aliphatic heterocycles. The zero-order valence-corrected chi connectivity index (χ0v) is 14.1. The minimum absolute atomic E-state index is 0.378. The van der Waals surface area contributed by atoms with E-state index in [1.165, 1.54) is 12.7 Å². The molecule has 6 nitrogen and oxygen atoms in total. The number of hydrogen-bond donors (Lipinski definition) is 0. The third-order valence-corrected chi connectivity index (χ3v) is 4.40. The Morgan fingerprint density at radius 3 is 2.56 bits per heavy atom. The number of methoxy groups -OCH3 is 1. The summed E-state index contributed by atoms with van der Waals surface area (Å²) in [7, 11) is 1.38. The summed E-state index contributed by atoms with van der Waals surface area (Å²) >= 11 is 0. The maximum Gasteiger partial charge on any atom is 0.337 e. The Labute approximate surface area is 145 Å². The molecule has 126 valence electrons. The Morgan fingerprint density at radius 2 is 1.88 bits per heavy atom. The Morgan fingerprint density at radius 1 is 1.12 bits per heavy atom. The van der Waals surface area contributed by atoms with Crippen molar-refractivity contribution in [3.05, 3.63) is 59.4 Å². The minimum atomic E-state index is -0.378. The largest absolute Gasteiger partial charge is 0.465 e. The molecule has 1 aliphatic rings. The van der Waals surface area contributed by atoms with Crippen molar-refractivity contribution in [2.45, 2.75) is 25.7 Å². The molecule has 0 bridgehead atoms. The Balaban J connectivity index is 1.85. The van der Waals surface area contributed by atoms with Crippen molar-refractivity contribution in [3.63, 3.8) is 0 Å². The molecule has 4 rings (SSSR count). The van der Waals surface area contributed by atoms with Gasteiger partial charge < -0.3 is 4.74 Å². The summed E-state index contributed by atoms with van der Waals surface area (Å²) in [4.78, 5) is 12.1. The van der Waals surface area contributed by atoms with Crippen molar-refractivity contribution in [1.82, 2.24) is 20.2 Å². The van der Waals surface area contributed by atoms with Gasteiger partial charge in [-0.15, -0.1) is 5.10 Å². The molecule has 1 aromatic heterocycles. The van der Waals surface area contributed by atoms with Gasteiger partial charge in [0.1, 0.15) is 0 Å². The van der Waals surface area contributed by atoms with Gasteiger partial charge in [0.25, 0.3) is 0 Å². The average molecular weight is 334 g/mol. The normalized spacial score (nSPS) is 13.7. The zero-order valence-electron chi connectivity index (χ0n) is 14.1. The molecule has 0 atom stereocenters. The molecule has 0 amide bonds. The van der Waals surface area contributed by atoms with Crippen LogP contribution in [0.15, 0.2) is 42.5 Å². The van der Waals surface area contributed by atoms with Crippen LogP contribution < -0.4 is 0 Å². The first-order valence-electron chi connectivity index (χ1n) is 8.25. The van der Waals surface area contributed by atoms with Crippen LogP contribution in [0.5, 0.6) is 0 Å². The van der Waals surface area contributed by atoms with Crippen LogP contribution in [0.3, 0.4) is 0 Å². The fourth-order valence-electron chi connectivity index (χ4n) is 2.86. The molecule has 6 heteroatoms. The number of esters is 1. The summed E-state index contributed by atoms with van der Waals surface area (Å²) < 4.78 is 6.63. The standard InChI is InChI=1S/C19H18N4O2/c1-12-3-5-13(6-4-12)15-9-16(19(24)25-2)11-17(10-15)23-18(14-7-8-14)20-21-22-23/h3-6,9-11,14H,7-8H2,1-2H3. The monoisotopic (exact) mass is 334 g/mol. The first kappa shape index (κ1) is 15.5. The SMILES string of the molecule is COC(=O)c1cc(-c2ccc(C)cc2)cc(-n2nnnc2C2CC2)c1. The van der Waals surface area contributed by atoms with Crippen LogP contribution in [0, 0.1) is 6.92 Å². The lowest BCUT2D eigenvalue weighted by Crippen LogP contribution is -2.07. The van der Waals surface area contributed by atoms with E-state index in [0.29, 0.717) is 11.5 Å². The Kier molecular flexibility index (Phi) is 3.80. The van der Waals surface area contributed by atoms with Crippen LogP contribution in [0.25, 0.3) is 16.8 Å². The number of rotatable bonds is 4. The number of aromatic nitrogens is 4. The summed E-state index contributed by atoms with van der Waals surface area (Å²) in [5.74, 6) is 0.868. The number of nitrogens with zero attached hydrogens (tertiary/aromatic N) is 4. The molecule has 0 radical (unpaired) electrons. The second kappa shape index (κ2) is 6.12. The molecule has 1 saturated carbocycles. The summed E-state index contributed by atoms with van der Waals surface area (Å²) in [6, 6.07) is 13.8. The van der Waals surface area contributed by atoms with Gasteiger partial charge in [0, 0.05) is 5.92 Å². The molecular weight excluding hydrogens is 316 g/mol. The molecule has 2 aromatic carbocycles. The lowest BCUT2D eigenvalue weighted by atomic mass is 10.0. The van der Waals surface area contributed by atoms with Gasteiger partial charge in [-0.1, -0.05) is 29.8 Å². The number of carbonyl (C=O) groups is 1. The maximum atomic E-state index is 12.1. The molecule has 1 aliphatic carbocycles. The first-order valence-corrected chi connectivity index (χ1v) is 8.25. The topological polar surface area (TPSA) is 69.9 Å². The van der Waals surface area contributed by atoms with Gasteiger partial charge in [0.15, 0.2) is 5.82 Å². The fourth-order valence-corrected chi connectivity index (χ4v) is 2.86. The van der Waals surface area contributed by atoms with Crippen molar-refractivity contribution in [1.29, 1.82) is 0 Å². The van der Waals surface area contributed by atoms with Crippen LogP contribution in [-0.2, 0) is 4.74 Å². The van der Waals surface area contributed by atoms with E-state index in [1.807, 2.05) is 43.3 Å². The molecule has 1 heterocycles. The quantitative estimate of drug-likeness (QED) is 0.685. The number of ether oxygens (including phenoxy) is 1. The van der Waals surface area contributed by atoms with E-state index in [-0.39, 0.29) is 5.97 Å². The van der Waals surface area contributed by atoms with Crippen LogP contribution in [0.2, 0.25) is 0 Å². The predicted octanol–water partition coefficient (Wildman–Crippen LogP) is 3.30. The van der Waals surface area contributed by atoms with E-state index in [4.69, 9.17) is 4.74 Å². The smallest absolute Gasteiger partial charge is 0.337 e. The van der Waals surface area contributed by atoms with Gasteiger partial charge in [-0.05, 0) is 59.5 Å². The Hall–Kier alpha value is -3.02. The number of aryl methyl sites for hydroxylation is 1. The van der Waals surface area contributed by atoms with Crippen LogP contribution in [-0.4, -0.2) is 33.3 Å². The average Bonchev–Trinajstić information content (AvgIpc) is 3.37. The van der Waals surface area contributed by atoms with E-state index >= 15 is 0 Å². The highest BCUT2D eigenvalue weighted by molar-refractivity contribution is 5.92. The maximum absolute atomic E-state index is 12.1. The summed E-state index contributed by atoms with van der Waals surface area (Å²) in [6.07, 6.45) is 2.20. The van der Waals surface area contributed by atoms with E-state index in [1.54, 1.807) is 10.7 Å². The first-order chi connectivity index (χ1) is 12.2. The third kappa shape index (κ3) is 3.03. The molecular formula is C19H18N4O2. The predicted molar refractivity (Wildman–Crippen MR) is 92.6 cm³/mol. The van der Waals surface area contributed by atoms with E-state index in [9.17, 15) is 4.79 Å². The van der Waals surface area contributed by atoms with Crippen molar-refractivity contribution >= 4 is 5.97 Å². The molecule has 0 spiro atoms. The van der Waals surface area contributed by atoms with Crippen LogP contribution in [0.4, 0.5) is 0 Å². The number of carbonyl (C=O) groups excluding carboxylic acids is 1. The molecule has 0 N–H and O–H groups in total. The van der Waals surface area contributed by atoms with Crippen molar-refractivity contribution in [2.24, 2.45) is 0 Å². The highest BCUT2D eigenvalue weighted by Crippen LogP contribution is 2.39. The number of hydrogen-bond acceptors (Lipinski definition) is 5. The van der Waals surface area contributed by atoms with Gasteiger partial charge in [0.05, 0.1) is 18.4 Å². The lowest BCUT2D eigenvalue weighted by molar-refractivity contribution is 0.0600. The van der Waals surface area contributed by atoms with Gasteiger partial charge in [-0.25, -0.2) is 4.79 Å². The lowest BCUT2D eigenvalue weighted by Gasteiger charge is -2.10. The molecule has 3 aromatic rings. The number of tetrazole rings is 1. The third-order valence-electron chi connectivity index (χ3n) is 4.40. The number of benzene rings is 2. The summed E-state index contributed by atoms with van der Waals surface area (Å²) in [5.41, 5.74) is 4.39. The summed E-state index contributed by atoms with van der Waals surface area (Å²) in [5, 5.41) is 12.1. The highest BCUT2D eigenvalue weighted by atomic mass is 16.5. The van der Waals surface area contributed by atoms with Crippen LogP contribution in [0.1, 0.15) is 40.5 Å². The molecule has 25 heavy (non-hydrogen) atoms. The Bertz CT molecular complexity index is 927. The van der Waals surface area contributed by atoms with Gasteiger partial charge >= 0.3 is 5.97 Å². The zero-order chi connectivity index (χ0) is 17.4. The van der Waals surface area contributed by atoms with Gasteiger partial charge in [0.2, 0.25) is 0 Å². The van der Waals surface area contributed by atoms with Gasteiger partial charge in [-0.3, -0.25) is 0 Å². The minimum Gasteiger partial charge on any atom is -0.465 e. The second-order valence-corrected chi connectivity index (χ2v) is 6.35. The van der Waals surface area contributed by atoms with E-state index in [0.717, 1.165) is 35.5 Å². The van der Waals surface area contributed by atoms with Crippen molar-refractivity contribution < 1.29 is 9.53 Å². The van der Waals surface area contributed by atoms with Crippen LogP contribution >= 0.6 is 0 Å². The van der Waals surface area contributed by atoms with E-state index < -0.39 is 0 Å². The van der Waals surface area contributed by atoms with Crippen molar-refractivity contribution in [3.8, 4) is 16.8 Å². The fraction of sp³-hybridized carbons (Fsp3) is 0.263. The summed E-state index contributed by atoms with van der Waals surface area (Å²) in [6.45, 7) is 2.04. The highest BCUT2D eigenvalue weighted by Gasteiger charge is 2.30. The van der Waals surface area contributed by atoms with E-state index in [2.05, 4.69) is 15.5 Å². The molecule has 0 unspecified atom stereocenters. The molecule has 1 fully saturated rings. The second-order valence-electron chi connectivity index (χ2n) is 6.35. The molecule has 0 saturated heterocycles.